The van der Waals surface area contributed by atoms with Crippen molar-refractivity contribution in [3.8, 4) is 0 Å². The second-order valence-electron chi connectivity index (χ2n) is 11.8. The Hall–Kier alpha value is -1.01. The van der Waals surface area contributed by atoms with Crippen LogP contribution in [0.5, 0.6) is 0 Å². The summed E-state index contributed by atoms with van der Waals surface area (Å²) < 4.78 is 21.0. The topological polar surface area (TPSA) is 82.5 Å². The van der Waals surface area contributed by atoms with Gasteiger partial charge in [0.05, 0.1) is 12.7 Å². The Morgan fingerprint density at radius 1 is 1.06 bits per heavy atom. The first kappa shape index (κ1) is 26.2. The van der Waals surface area contributed by atoms with E-state index in [-0.39, 0.29) is 27.8 Å². The molecule has 2 rings (SSSR count). The number of H-pyrrole nitrogens is 1. The van der Waals surface area contributed by atoms with Gasteiger partial charge >= 0.3 is 5.69 Å². The normalized spacial score (nSPS) is 23.4. The van der Waals surface area contributed by atoms with Crippen LogP contribution in [0.3, 0.4) is 0 Å². The van der Waals surface area contributed by atoms with Crippen LogP contribution in [0.25, 0.3) is 0 Å². The molecule has 0 amide bonds. The van der Waals surface area contributed by atoms with Gasteiger partial charge in [-0.1, -0.05) is 41.5 Å². The minimum absolute atomic E-state index is 0.0569. The van der Waals surface area contributed by atoms with Gasteiger partial charge in [-0.25, -0.2) is 4.79 Å². The van der Waals surface area contributed by atoms with Gasteiger partial charge < -0.3 is 13.6 Å². The molecular formula is C22H42N2O5Si2. The highest BCUT2D eigenvalue weighted by molar-refractivity contribution is 6.74. The quantitative estimate of drug-likeness (QED) is 0.486. The van der Waals surface area contributed by atoms with Crippen molar-refractivity contribution in [2.45, 2.75) is 110 Å². The minimum Gasteiger partial charge on any atom is -0.414 e. The molecule has 7 nitrogen and oxygen atoms in total. The van der Waals surface area contributed by atoms with Crippen LogP contribution < -0.4 is 11.2 Å². The number of aromatic amines is 1. The van der Waals surface area contributed by atoms with Crippen molar-refractivity contribution in [2.75, 3.05) is 6.61 Å². The Morgan fingerprint density at radius 3 is 2.13 bits per heavy atom. The Balaban J connectivity index is 2.32. The van der Waals surface area contributed by atoms with Crippen LogP contribution in [-0.4, -0.2) is 45.0 Å². The first-order chi connectivity index (χ1) is 13.9. The summed E-state index contributed by atoms with van der Waals surface area (Å²) in [7, 11) is -4.02. The molecule has 1 aliphatic rings. The summed E-state index contributed by atoms with van der Waals surface area (Å²) in [4.78, 5) is 26.6. The number of nitrogens with one attached hydrogen (secondary N) is 1. The summed E-state index contributed by atoms with van der Waals surface area (Å²) in [5, 5.41) is 0.148. The second-order valence-corrected chi connectivity index (χ2v) is 21.4. The zero-order chi connectivity index (χ0) is 24.0. The zero-order valence-electron chi connectivity index (χ0n) is 21.2. The molecule has 1 aliphatic heterocycles. The van der Waals surface area contributed by atoms with Crippen LogP contribution in [0.1, 0.15) is 59.8 Å². The third-order valence-electron chi connectivity index (χ3n) is 7.30. The maximum atomic E-state index is 12.5. The predicted molar refractivity (Wildman–Crippen MR) is 130 cm³/mol. The maximum Gasteiger partial charge on any atom is 0.330 e. The van der Waals surface area contributed by atoms with Gasteiger partial charge in [-0.2, -0.15) is 0 Å². The summed E-state index contributed by atoms with van der Waals surface area (Å²) in [5.74, 6) is 0. The lowest BCUT2D eigenvalue weighted by atomic mass is 10.2. The van der Waals surface area contributed by atoms with Crippen molar-refractivity contribution >= 4 is 16.6 Å². The SMILES string of the molecule is CC(C)(C)[Si](C)(C)OC[C@H]1O[C@@H](n2cc([13CH3])c(=O)[nH]c2=O)C[C@@H]1O[Si](C)(C)C(C)(C)C. The van der Waals surface area contributed by atoms with Gasteiger partial charge in [0.15, 0.2) is 16.6 Å². The molecular weight excluding hydrogens is 429 g/mol. The van der Waals surface area contributed by atoms with Gasteiger partial charge in [0.25, 0.3) is 5.56 Å². The highest BCUT2D eigenvalue weighted by atomic mass is 28.4. The number of hydrogen-bond acceptors (Lipinski definition) is 5. The molecule has 1 N–H and O–H groups in total. The van der Waals surface area contributed by atoms with E-state index in [1.165, 1.54) is 4.57 Å². The van der Waals surface area contributed by atoms with Crippen LogP contribution in [0, 0.1) is 6.92 Å². The molecule has 1 fully saturated rings. The van der Waals surface area contributed by atoms with E-state index in [0.29, 0.717) is 18.6 Å². The molecule has 0 unspecified atom stereocenters. The van der Waals surface area contributed by atoms with Crippen LogP contribution >= 0.6 is 0 Å². The average molecular weight is 472 g/mol. The summed E-state index contributed by atoms with van der Waals surface area (Å²) in [6, 6.07) is 0. The first-order valence-corrected chi connectivity index (χ1v) is 17.0. The summed E-state index contributed by atoms with van der Waals surface area (Å²) in [6.07, 6.45) is 1.18. The number of hydrogen-bond donors (Lipinski definition) is 1. The fourth-order valence-electron chi connectivity index (χ4n) is 3.01. The highest BCUT2D eigenvalue weighted by Gasteiger charge is 2.46. The second kappa shape index (κ2) is 8.74. The Bertz CT molecular complexity index is 893. The van der Waals surface area contributed by atoms with Crippen LogP contribution in [0.4, 0.5) is 0 Å². The van der Waals surface area contributed by atoms with Crippen molar-refractivity contribution in [3.05, 3.63) is 32.6 Å². The Morgan fingerprint density at radius 2 is 1.61 bits per heavy atom. The monoisotopic (exact) mass is 471 g/mol. The third kappa shape index (κ3) is 5.87. The van der Waals surface area contributed by atoms with Gasteiger partial charge in [-0.3, -0.25) is 14.3 Å². The molecule has 9 heteroatoms. The molecule has 0 aliphatic carbocycles. The fraction of sp³-hybridized carbons (Fsp3) is 0.818. The molecule has 1 saturated heterocycles. The molecule has 0 radical (unpaired) electrons. The van der Waals surface area contributed by atoms with Crippen molar-refractivity contribution in [1.29, 1.82) is 0 Å². The van der Waals surface area contributed by atoms with E-state index < -0.39 is 28.6 Å². The standard InChI is InChI=1S/C22H42N2O5Si2/c1-15-13-24(20(26)23-19(15)25)18-12-16(29-31(10,11)22(5,6)7)17(28-18)14-27-30(8,9)21(2,3)4/h13,16-18H,12,14H2,1-11H3,(H,23,25,26)/t16-,17+,18+/m0/s1/i1+1. The smallest absolute Gasteiger partial charge is 0.330 e. The summed E-state index contributed by atoms with van der Waals surface area (Å²) in [6.45, 7) is 24.3. The third-order valence-corrected chi connectivity index (χ3v) is 16.3. The number of aryl methyl sites for hydroxylation is 1. The maximum absolute atomic E-state index is 12.5. The molecule has 0 spiro atoms. The molecule has 0 aromatic carbocycles. The van der Waals surface area contributed by atoms with E-state index in [2.05, 4.69) is 72.7 Å². The highest BCUT2D eigenvalue weighted by Crippen LogP contribution is 2.42. The lowest BCUT2D eigenvalue weighted by molar-refractivity contribution is -0.0413. The largest absolute Gasteiger partial charge is 0.414 e. The zero-order valence-corrected chi connectivity index (χ0v) is 23.2. The molecule has 31 heavy (non-hydrogen) atoms. The van der Waals surface area contributed by atoms with Gasteiger partial charge in [-0.15, -0.1) is 0 Å². The van der Waals surface area contributed by atoms with Crippen molar-refractivity contribution in [3.63, 3.8) is 0 Å². The van der Waals surface area contributed by atoms with E-state index in [4.69, 9.17) is 13.6 Å². The Kier molecular flexibility index (Phi) is 7.40. The number of rotatable bonds is 6. The molecule has 0 bridgehead atoms. The summed E-state index contributed by atoms with van der Waals surface area (Å²) in [5.41, 5.74) is -0.352. The van der Waals surface area contributed by atoms with E-state index in [1.54, 1.807) is 13.1 Å². The molecule has 1 aromatic rings. The van der Waals surface area contributed by atoms with Gasteiger partial charge in [0.1, 0.15) is 12.3 Å². The average Bonchev–Trinajstić information content (AvgIpc) is 2.96. The Labute approximate surface area is 188 Å². The molecule has 3 atom stereocenters. The predicted octanol–water partition coefficient (Wildman–Crippen LogP) is 4.54. The van der Waals surface area contributed by atoms with E-state index >= 15 is 0 Å². The molecule has 0 saturated carbocycles. The van der Waals surface area contributed by atoms with E-state index in [9.17, 15) is 9.59 Å². The number of ether oxygens (including phenoxy) is 1. The van der Waals surface area contributed by atoms with Gasteiger partial charge in [0.2, 0.25) is 0 Å². The van der Waals surface area contributed by atoms with E-state index in [0.717, 1.165) is 0 Å². The first-order valence-electron chi connectivity index (χ1n) is 11.1. The molecule has 178 valence electrons. The van der Waals surface area contributed by atoms with Crippen molar-refractivity contribution in [1.82, 2.24) is 9.55 Å². The fourth-order valence-corrected chi connectivity index (χ4v) is 5.38. The van der Waals surface area contributed by atoms with Crippen molar-refractivity contribution < 1.29 is 13.6 Å². The van der Waals surface area contributed by atoms with Crippen LogP contribution in [0.2, 0.25) is 36.3 Å². The summed E-state index contributed by atoms with van der Waals surface area (Å²) >= 11 is 0. The molecule has 2 heterocycles. The minimum atomic E-state index is -2.06. The lowest BCUT2D eigenvalue weighted by Crippen LogP contribution is -2.48. The van der Waals surface area contributed by atoms with Crippen LogP contribution in [-0.2, 0) is 13.6 Å². The van der Waals surface area contributed by atoms with Gasteiger partial charge in [0, 0.05) is 18.2 Å². The van der Waals surface area contributed by atoms with Crippen molar-refractivity contribution in [2.24, 2.45) is 0 Å². The van der Waals surface area contributed by atoms with Gasteiger partial charge in [-0.05, 0) is 43.2 Å². The molecule has 1 aromatic heterocycles. The van der Waals surface area contributed by atoms with E-state index in [1.807, 2.05) is 0 Å². The lowest BCUT2D eigenvalue weighted by Gasteiger charge is -2.40. The number of nitrogens with zero attached hydrogens (tertiary/aromatic N) is 1. The number of aromatic nitrogens is 2. The van der Waals surface area contributed by atoms with Crippen LogP contribution in [0.15, 0.2) is 15.8 Å².